The molecule has 2 aromatic heterocycles. The Balaban J connectivity index is 2.43. The number of halogens is 1. The van der Waals surface area contributed by atoms with Crippen molar-refractivity contribution in [3.63, 3.8) is 0 Å². The molecule has 0 aliphatic heterocycles. The van der Waals surface area contributed by atoms with E-state index in [4.69, 9.17) is 12.2 Å². The van der Waals surface area contributed by atoms with E-state index in [9.17, 15) is 0 Å². The smallest absolute Gasteiger partial charge is 0.144 e. The van der Waals surface area contributed by atoms with E-state index in [1.807, 2.05) is 12.3 Å². The van der Waals surface area contributed by atoms with Crippen molar-refractivity contribution >= 4 is 39.5 Å². The summed E-state index contributed by atoms with van der Waals surface area (Å²) in [5, 5.41) is 3.10. The zero-order valence-electron chi connectivity index (χ0n) is 11.4. The molecule has 0 atom stereocenters. The van der Waals surface area contributed by atoms with Crippen molar-refractivity contribution in [2.45, 2.75) is 39.5 Å². The zero-order valence-corrected chi connectivity index (χ0v) is 14.6. The largest absolute Gasteiger partial charge is 0.345 e. The molecule has 0 aliphatic rings. The molecule has 19 heavy (non-hydrogen) atoms. The first-order valence-corrected chi connectivity index (χ1v) is 8.05. The third-order valence-electron chi connectivity index (χ3n) is 2.65. The summed E-state index contributed by atoms with van der Waals surface area (Å²) in [6, 6.07) is 0. The lowest BCUT2D eigenvalue weighted by Crippen LogP contribution is -2.17. The quantitative estimate of drug-likeness (QED) is 0.801. The van der Waals surface area contributed by atoms with Gasteiger partial charge in [0.15, 0.2) is 0 Å². The molecule has 3 nitrogen and oxygen atoms in total. The molecule has 0 unspecified atom stereocenters. The number of aromatic amines is 1. The first-order valence-electron chi connectivity index (χ1n) is 5.97. The van der Waals surface area contributed by atoms with Crippen LogP contribution in [0, 0.1) is 11.6 Å². The average Bonchev–Trinajstić information content (AvgIpc) is 2.67. The summed E-state index contributed by atoms with van der Waals surface area (Å²) in [7, 11) is 0. The van der Waals surface area contributed by atoms with Crippen LogP contribution in [-0.2, 0) is 11.8 Å². The maximum Gasteiger partial charge on any atom is 0.144 e. The zero-order chi connectivity index (χ0) is 14.2. The number of nitrogens with zero attached hydrogens (tertiary/aromatic N) is 2. The first-order chi connectivity index (χ1) is 8.77. The fraction of sp³-hybridized carbons (Fsp3) is 0.462. The lowest BCUT2D eigenvalue weighted by molar-refractivity contribution is 0.558. The Labute approximate surface area is 130 Å². The molecule has 102 valence electrons. The van der Waals surface area contributed by atoms with Crippen LogP contribution in [0.1, 0.15) is 43.0 Å². The minimum Gasteiger partial charge on any atom is -0.345 e. The van der Waals surface area contributed by atoms with E-state index >= 15 is 0 Å². The van der Waals surface area contributed by atoms with Gasteiger partial charge in [-0.1, -0.05) is 33.0 Å². The molecule has 2 rings (SSSR count). The first kappa shape index (κ1) is 14.8. The lowest BCUT2D eigenvalue weighted by Gasteiger charge is -2.21. The van der Waals surface area contributed by atoms with E-state index in [2.05, 4.69) is 51.7 Å². The third kappa shape index (κ3) is 3.49. The average molecular weight is 358 g/mol. The normalized spacial score (nSPS) is 11.8. The van der Waals surface area contributed by atoms with E-state index < -0.39 is 0 Å². The van der Waals surface area contributed by atoms with Crippen molar-refractivity contribution in [2.24, 2.45) is 0 Å². The van der Waals surface area contributed by atoms with Crippen LogP contribution in [-0.4, -0.2) is 15.0 Å². The number of aromatic nitrogens is 3. The second kappa shape index (κ2) is 5.42. The van der Waals surface area contributed by atoms with Crippen LogP contribution in [0.3, 0.4) is 0 Å². The molecule has 0 spiro atoms. The molecule has 1 N–H and O–H groups in total. The summed E-state index contributed by atoms with van der Waals surface area (Å²) in [6.07, 6.45) is 0.693. The second-order valence-electron chi connectivity index (χ2n) is 5.49. The Morgan fingerprint density at radius 2 is 2.05 bits per heavy atom. The van der Waals surface area contributed by atoms with Crippen molar-refractivity contribution < 1.29 is 0 Å². The molecule has 0 radical (unpaired) electrons. The predicted octanol–water partition coefficient (Wildman–Crippen LogP) is 4.55. The predicted molar refractivity (Wildman–Crippen MR) is 85.5 cm³/mol. The molecule has 0 bridgehead atoms. The Morgan fingerprint density at radius 3 is 2.58 bits per heavy atom. The maximum absolute atomic E-state index is 5.32. The van der Waals surface area contributed by atoms with Gasteiger partial charge < -0.3 is 4.98 Å². The number of rotatable bonds is 2. The molecule has 0 aromatic carbocycles. The van der Waals surface area contributed by atoms with Gasteiger partial charge in [0, 0.05) is 22.2 Å². The van der Waals surface area contributed by atoms with Gasteiger partial charge in [0.2, 0.25) is 0 Å². The fourth-order valence-corrected chi connectivity index (χ4v) is 3.50. The number of nitrogens with one attached hydrogen (secondary N) is 1. The highest BCUT2D eigenvalue weighted by molar-refractivity contribution is 9.10. The minimum absolute atomic E-state index is 0.0110. The van der Waals surface area contributed by atoms with Crippen molar-refractivity contribution in [2.75, 3.05) is 0 Å². The van der Waals surface area contributed by atoms with Gasteiger partial charge in [-0.2, -0.15) is 0 Å². The molecule has 2 heterocycles. The molecule has 0 saturated heterocycles. The van der Waals surface area contributed by atoms with E-state index in [1.165, 1.54) is 0 Å². The monoisotopic (exact) mass is 357 g/mol. The van der Waals surface area contributed by atoms with Crippen LogP contribution >= 0.6 is 39.5 Å². The van der Waals surface area contributed by atoms with Gasteiger partial charge in [0.25, 0.3) is 0 Å². The summed E-state index contributed by atoms with van der Waals surface area (Å²) >= 11 is 10.5. The van der Waals surface area contributed by atoms with Gasteiger partial charge in [-0.25, -0.2) is 9.97 Å². The van der Waals surface area contributed by atoms with Crippen molar-refractivity contribution in [1.82, 2.24) is 15.0 Å². The highest BCUT2D eigenvalue weighted by atomic mass is 79.9. The van der Waals surface area contributed by atoms with Gasteiger partial charge in [-0.05, 0) is 22.9 Å². The molecule has 0 amide bonds. The van der Waals surface area contributed by atoms with Crippen molar-refractivity contribution in [1.29, 1.82) is 0 Å². The van der Waals surface area contributed by atoms with E-state index in [0.29, 0.717) is 11.1 Å². The minimum atomic E-state index is -0.0110. The summed E-state index contributed by atoms with van der Waals surface area (Å²) in [5.74, 6) is 0.868. The lowest BCUT2D eigenvalue weighted by atomic mass is 9.92. The van der Waals surface area contributed by atoms with E-state index in [0.717, 1.165) is 26.7 Å². The standard InChI is InChI=1S/C13H16BrN3S2/c1-7-6-19-9(15-7)5-8-16-11(13(2,3)4)10(14)12(18)17-8/h6H,5H2,1-4H3,(H,16,17,18). The van der Waals surface area contributed by atoms with Crippen molar-refractivity contribution in [3.05, 3.63) is 36.7 Å². The highest BCUT2D eigenvalue weighted by Gasteiger charge is 2.20. The topological polar surface area (TPSA) is 41.6 Å². The summed E-state index contributed by atoms with van der Waals surface area (Å²) < 4.78 is 1.49. The summed E-state index contributed by atoms with van der Waals surface area (Å²) in [4.78, 5) is 12.3. The number of hydrogen-bond acceptors (Lipinski definition) is 4. The molecule has 2 aromatic rings. The van der Waals surface area contributed by atoms with Gasteiger partial charge in [-0.3, -0.25) is 0 Å². The summed E-state index contributed by atoms with van der Waals surface area (Å²) in [6.45, 7) is 8.44. The van der Waals surface area contributed by atoms with Gasteiger partial charge >= 0.3 is 0 Å². The number of hydrogen-bond donors (Lipinski definition) is 1. The molecule has 0 fully saturated rings. The Bertz CT molecular complexity index is 653. The molecule has 6 heteroatoms. The Hall–Kier alpha value is -0.590. The number of H-pyrrole nitrogens is 1. The SMILES string of the molecule is Cc1csc(Cc2nc(=S)c(Br)c(C(C)(C)C)[nH]2)n1. The van der Waals surface area contributed by atoms with Crippen LogP contribution < -0.4 is 0 Å². The van der Waals surface area contributed by atoms with Crippen LogP contribution in [0.15, 0.2) is 9.85 Å². The van der Waals surface area contributed by atoms with Gasteiger partial charge in [0.1, 0.15) is 15.5 Å². The third-order valence-corrected chi connectivity index (χ3v) is 4.94. The van der Waals surface area contributed by atoms with E-state index in [-0.39, 0.29) is 5.41 Å². The maximum atomic E-state index is 5.32. The van der Waals surface area contributed by atoms with Gasteiger partial charge in [-0.15, -0.1) is 11.3 Å². The van der Waals surface area contributed by atoms with Crippen LogP contribution in [0.25, 0.3) is 0 Å². The second-order valence-corrected chi connectivity index (χ2v) is 7.61. The Kier molecular flexibility index (Phi) is 4.23. The highest BCUT2D eigenvalue weighted by Crippen LogP contribution is 2.28. The molecule has 0 aliphatic carbocycles. The fourth-order valence-electron chi connectivity index (χ4n) is 1.73. The molecular formula is C13H16BrN3S2. The molecule has 0 saturated carbocycles. The Morgan fingerprint density at radius 1 is 1.37 bits per heavy atom. The van der Waals surface area contributed by atoms with Crippen LogP contribution in [0.5, 0.6) is 0 Å². The number of aryl methyl sites for hydroxylation is 1. The molecular weight excluding hydrogens is 342 g/mol. The summed E-state index contributed by atoms with van der Waals surface area (Å²) in [5.41, 5.74) is 2.12. The van der Waals surface area contributed by atoms with Crippen LogP contribution in [0.2, 0.25) is 0 Å². The van der Waals surface area contributed by atoms with Gasteiger partial charge in [0.05, 0.1) is 10.9 Å². The van der Waals surface area contributed by atoms with Crippen LogP contribution in [0.4, 0.5) is 0 Å². The van der Waals surface area contributed by atoms with Crippen molar-refractivity contribution in [3.8, 4) is 0 Å². The van der Waals surface area contributed by atoms with E-state index in [1.54, 1.807) is 11.3 Å². The number of thiazole rings is 1.